The lowest BCUT2D eigenvalue weighted by molar-refractivity contribution is -0.212. The Morgan fingerprint density at radius 2 is 1.90 bits per heavy atom. The van der Waals surface area contributed by atoms with Gasteiger partial charge >= 0.3 is 0 Å². The van der Waals surface area contributed by atoms with Crippen LogP contribution < -0.4 is 4.74 Å². The Morgan fingerprint density at radius 1 is 1.07 bits per heavy atom. The van der Waals surface area contributed by atoms with Crippen molar-refractivity contribution in [2.75, 3.05) is 26.8 Å². The van der Waals surface area contributed by atoms with E-state index in [1.54, 1.807) is 0 Å². The number of hydrogen-bond acceptors (Lipinski definition) is 4. The molecular weight excluding hydrogens is 374 g/mol. The summed E-state index contributed by atoms with van der Waals surface area (Å²) in [4.78, 5) is 2.60. The van der Waals surface area contributed by atoms with Crippen LogP contribution in [-0.4, -0.2) is 43.5 Å². The number of rotatable bonds is 3. The van der Waals surface area contributed by atoms with E-state index in [0.29, 0.717) is 18.6 Å². The molecule has 2 aromatic carbocycles. The highest BCUT2D eigenvalue weighted by atomic mass is 16.7. The highest BCUT2D eigenvalue weighted by Crippen LogP contribution is 2.59. The van der Waals surface area contributed by atoms with Gasteiger partial charge in [0.2, 0.25) is 0 Å². The summed E-state index contributed by atoms with van der Waals surface area (Å²) in [6.45, 7) is 3.22. The van der Waals surface area contributed by atoms with E-state index in [4.69, 9.17) is 14.2 Å². The third-order valence-electron chi connectivity index (χ3n) is 8.18. The topological polar surface area (TPSA) is 30.9 Å². The van der Waals surface area contributed by atoms with Crippen molar-refractivity contribution < 1.29 is 14.2 Å². The molecule has 1 saturated carbocycles. The summed E-state index contributed by atoms with van der Waals surface area (Å²) in [5.41, 5.74) is 4.33. The van der Waals surface area contributed by atoms with Crippen LogP contribution in [0, 0.1) is 5.92 Å². The number of likely N-dealkylation sites (N-methyl/N-ethyl adjacent to an activating group) is 1. The predicted molar refractivity (Wildman–Crippen MR) is 116 cm³/mol. The SMILES string of the molecule is CN1CCC23CC4(CCC2C1Cc1ccc(OCc2ccccc2)cc13)OCCO4. The van der Waals surface area contributed by atoms with Gasteiger partial charge in [-0.2, -0.15) is 0 Å². The molecule has 0 radical (unpaired) electrons. The monoisotopic (exact) mass is 405 g/mol. The van der Waals surface area contributed by atoms with Crippen LogP contribution in [-0.2, 0) is 27.9 Å². The van der Waals surface area contributed by atoms with Crippen LogP contribution in [0.4, 0.5) is 0 Å². The number of nitrogens with zero attached hydrogens (tertiary/aromatic N) is 1. The fraction of sp³-hybridized carbons (Fsp3) is 0.538. The van der Waals surface area contributed by atoms with Gasteiger partial charge in [-0.3, -0.25) is 0 Å². The standard InChI is InChI=1S/C26H31NO3/c1-27-12-11-25-18-26(29-13-14-30-26)10-9-22(25)24(27)15-20-7-8-21(16-23(20)25)28-17-19-5-3-2-4-6-19/h2-8,16,22,24H,9-15,17-18H2,1H3. The van der Waals surface area contributed by atoms with Crippen molar-refractivity contribution in [3.63, 3.8) is 0 Å². The van der Waals surface area contributed by atoms with E-state index in [-0.39, 0.29) is 11.2 Å². The molecule has 6 rings (SSSR count). The molecule has 4 heteroatoms. The summed E-state index contributed by atoms with van der Waals surface area (Å²) >= 11 is 0. The van der Waals surface area contributed by atoms with Gasteiger partial charge in [-0.05, 0) is 67.6 Å². The van der Waals surface area contributed by atoms with E-state index in [2.05, 4.69) is 54.4 Å². The molecule has 4 nitrogen and oxygen atoms in total. The van der Waals surface area contributed by atoms with Crippen LogP contribution in [0.2, 0.25) is 0 Å². The van der Waals surface area contributed by atoms with Gasteiger partial charge < -0.3 is 19.1 Å². The van der Waals surface area contributed by atoms with Gasteiger partial charge in [-0.25, -0.2) is 0 Å². The number of benzene rings is 2. The zero-order valence-electron chi connectivity index (χ0n) is 17.8. The van der Waals surface area contributed by atoms with Gasteiger partial charge in [0.1, 0.15) is 12.4 Å². The zero-order valence-corrected chi connectivity index (χ0v) is 17.8. The first-order valence-corrected chi connectivity index (χ1v) is 11.5. The second kappa shape index (κ2) is 7.08. The predicted octanol–water partition coefficient (Wildman–Crippen LogP) is 4.31. The number of ether oxygens (including phenoxy) is 3. The number of likely N-dealkylation sites (tertiary alicyclic amines) is 1. The van der Waals surface area contributed by atoms with E-state index < -0.39 is 0 Å². The average Bonchev–Trinajstić information content (AvgIpc) is 3.23. The average molecular weight is 406 g/mol. The number of hydrogen-bond donors (Lipinski definition) is 0. The van der Waals surface area contributed by atoms with Crippen molar-refractivity contribution in [1.82, 2.24) is 4.90 Å². The van der Waals surface area contributed by atoms with Crippen molar-refractivity contribution in [3.8, 4) is 5.75 Å². The summed E-state index contributed by atoms with van der Waals surface area (Å²) in [5.74, 6) is 1.29. The first kappa shape index (κ1) is 18.9. The van der Waals surface area contributed by atoms with Crippen molar-refractivity contribution in [2.24, 2.45) is 5.92 Å². The normalized spacial score (nSPS) is 31.9. The first-order chi connectivity index (χ1) is 14.7. The maximum absolute atomic E-state index is 6.24. The molecule has 2 aliphatic carbocycles. The van der Waals surface area contributed by atoms with Gasteiger partial charge in [0.05, 0.1) is 13.2 Å². The molecule has 2 bridgehead atoms. The molecule has 3 unspecified atom stereocenters. The highest BCUT2D eigenvalue weighted by molar-refractivity contribution is 5.46. The quantitative estimate of drug-likeness (QED) is 0.762. The molecule has 2 aliphatic heterocycles. The molecule has 1 spiro atoms. The fourth-order valence-corrected chi connectivity index (χ4v) is 6.76. The van der Waals surface area contributed by atoms with Crippen LogP contribution in [0.3, 0.4) is 0 Å². The minimum absolute atomic E-state index is 0.138. The Labute approximate surface area is 179 Å². The van der Waals surface area contributed by atoms with Crippen LogP contribution in [0.15, 0.2) is 48.5 Å². The lowest BCUT2D eigenvalue weighted by atomic mass is 9.51. The minimum atomic E-state index is -0.369. The van der Waals surface area contributed by atoms with Gasteiger partial charge in [0.25, 0.3) is 0 Å². The summed E-state index contributed by atoms with van der Waals surface area (Å²) < 4.78 is 18.7. The summed E-state index contributed by atoms with van der Waals surface area (Å²) in [6.07, 6.45) is 5.52. The van der Waals surface area contributed by atoms with Crippen molar-refractivity contribution in [3.05, 3.63) is 65.2 Å². The van der Waals surface area contributed by atoms with Crippen molar-refractivity contribution in [1.29, 1.82) is 0 Å². The maximum atomic E-state index is 6.24. The van der Waals surface area contributed by atoms with Crippen LogP contribution in [0.25, 0.3) is 0 Å². The first-order valence-electron chi connectivity index (χ1n) is 11.5. The fourth-order valence-electron chi connectivity index (χ4n) is 6.76. The Balaban J connectivity index is 1.36. The van der Waals surface area contributed by atoms with Crippen molar-refractivity contribution in [2.45, 2.75) is 56.0 Å². The van der Waals surface area contributed by atoms with Gasteiger partial charge in [0, 0.05) is 24.3 Å². The van der Waals surface area contributed by atoms with Crippen LogP contribution in [0.1, 0.15) is 42.4 Å². The van der Waals surface area contributed by atoms with Gasteiger partial charge in [-0.15, -0.1) is 0 Å². The molecule has 0 aromatic heterocycles. The second-order valence-corrected chi connectivity index (χ2v) is 9.68. The van der Waals surface area contributed by atoms with Gasteiger partial charge in [0.15, 0.2) is 5.79 Å². The van der Waals surface area contributed by atoms with Crippen molar-refractivity contribution >= 4 is 0 Å². The molecule has 3 atom stereocenters. The molecule has 4 aliphatic rings. The van der Waals surface area contributed by atoms with E-state index >= 15 is 0 Å². The number of piperidine rings is 1. The van der Waals surface area contributed by atoms with Crippen LogP contribution >= 0.6 is 0 Å². The molecule has 30 heavy (non-hydrogen) atoms. The smallest absolute Gasteiger partial charge is 0.169 e. The van der Waals surface area contributed by atoms with E-state index in [1.807, 2.05) is 6.07 Å². The third-order valence-corrected chi connectivity index (χ3v) is 8.18. The Bertz CT molecular complexity index is 923. The van der Waals surface area contributed by atoms with E-state index in [1.165, 1.54) is 29.5 Å². The summed E-state index contributed by atoms with van der Waals surface area (Å²) in [6, 6.07) is 17.9. The lowest BCUT2D eigenvalue weighted by Gasteiger charge is -2.60. The van der Waals surface area contributed by atoms with E-state index in [9.17, 15) is 0 Å². The highest BCUT2D eigenvalue weighted by Gasteiger charge is 2.60. The minimum Gasteiger partial charge on any atom is -0.489 e. The molecule has 158 valence electrons. The summed E-state index contributed by atoms with van der Waals surface area (Å²) in [5, 5.41) is 0. The molecule has 2 heterocycles. The molecule has 3 fully saturated rings. The maximum Gasteiger partial charge on any atom is 0.169 e. The largest absolute Gasteiger partial charge is 0.489 e. The summed E-state index contributed by atoms with van der Waals surface area (Å²) in [7, 11) is 2.31. The Morgan fingerprint density at radius 3 is 2.73 bits per heavy atom. The molecule has 0 amide bonds. The molecule has 2 saturated heterocycles. The molecule has 2 aromatic rings. The molecular formula is C26H31NO3. The number of fused-ring (bicyclic) bond motifs is 1. The third kappa shape index (κ3) is 2.92. The Kier molecular flexibility index (Phi) is 4.45. The van der Waals surface area contributed by atoms with Crippen LogP contribution in [0.5, 0.6) is 5.75 Å². The second-order valence-electron chi connectivity index (χ2n) is 9.68. The Hall–Kier alpha value is -1.88. The zero-order chi connectivity index (χ0) is 20.2. The molecule has 0 N–H and O–H groups in total. The van der Waals surface area contributed by atoms with Gasteiger partial charge in [-0.1, -0.05) is 36.4 Å². The van der Waals surface area contributed by atoms with E-state index in [0.717, 1.165) is 44.8 Å². The lowest BCUT2D eigenvalue weighted by Crippen LogP contribution is -2.63.